The Morgan fingerprint density at radius 2 is 1.67 bits per heavy atom. The van der Waals surface area contributed by atoms with Crippen molar-refractivity contribution in [3.63, 3.8) is 0 Å². The van der Waals surface area contributed by atoms with Crippen LogP contribution in [0.1, 0.15) is 0 Å². The van der Waals surface area contributed by atoms with Crippen molar-refractivity contribution in [2.75, 3.05) is 0 Å². The van der Waals surface area contributed by atoms with Crippen LogP contribution in [0.2, 0.25) is 0 Å². The summed E-state index contributed by atoms with van der Waals surface area (Å²) in [6, 6.07) is 4.88. The molecule has 0 aliphatic carbocycles. The van der Waals surface area contributed by atoms with Crippen LogP contribution >= 0.6 is 12.2 Å². The molecule has 1 heterocycles. The Morgan fingerprint density at radius 3 is 2.27 bits per heavy atom. The van der Waals surface area contributed by atoms with Gasteiger partial charge >= 0.3 is 0 Å². The Balaban J connectivity index is 2.58. The first-order valence-electron chi connectivity index (χ1n) is 4.16. The molecular weight excluding hydrogens is 218 g/mol. The van der Waals surface area contributed by atoms with E-state index in [-0.39, 0.29) is 0 Å². The summed E-state index contributed by atoms with van der Waals surface area (Å²) in [5.41, 5.74) is 0.997. The Bertz CT molecular complexity index is 531. The SMILES string of the molecule is Fc1cc(F)cc(-c2cn[nH]c(=S)c2)c1. The molecule has 0 aliphatic heterocycles. The number of hydrogen-bond donors (Lipinski definition) is 1. The smallest absolute Gasteiger partial charge is 0.126 e. The summed E-state index contributed by atoms with van der Waals surface area (Å²) in [5.74, 6) is -1.24. The van der Waals surface area contributed by atoms with E-state index >= 15 is 0 Å². The van der Waals surface area contributed by atoms with E-state index in [1.807, 2.05) is 0 Å². The number of H-pyrrole nitrogens is 1. The van der Waals surface area contributed by atoms with Gasteiger partial charge in [0, 0.05) is 11.6 Å². The van der Waals surface area contributed by atoms with Gasteiger partial charge in [-0.2, -0.15) is 5.10 Å². The Labute approximate surface area is 89.6 Å². The Kier molecular flexibility index (Phi) is 2.55. The monoisotopic (exact) mass is 224 g/mol. The van der Waals surface area contributed by atoms with Crippen LogP contribution in [0, 0.1) is 16.3 Å². The molecule has 0 amide bonds. The number of benzene rings is 1. The molecule has 5 heteroatoms. The first kappa shape index (κ1) is 9.92. The van der Waals surface area contributed by atoms with Crippen molar-refractivity contribution < 1.29 is 8.78 Å². The lowest BCUT2D eigenvalue weighted by Gasteiger charge is -2.01. The second kappa shape index (κ2) is 3.86. The maximum absolute atomic E-state index is 12.9. The largest absolute Gasteiger partial charge is 0.268 e. The lowest BCUT2D eigenvalue weighted by Crippen LogP contribution is -1.87. The van der Waals surface area contributed by atoms with Crippen LogP contribution in [0.5, 0.6) is 0 Å². The highest BCUT2D eigenvalue weighted by Gasteiger charge is 2.03. The maximum Gasteiger partial charge on any atom is 0.126 e. The molecule has 1 aromatic carbocycles. The molecule has 1 aromatic heterocycles. The summed E-state index contributed by atoms with van der Waals surface area (Å²) in [4.78, 5) is 0. The molecule has 0 spiro atoms. The molecule has 15 heavy (non-hydrogen) atoms. The van der Waals surface area contributed by atoms with Crippen LogP contribution in [-0.4, -0.2) is 10.2 Å². The quantitative estimate of drug-likeness (QED) is 0.754. The van der Waals surface area contributed by atoms with Crippen molar-refractivity contribution in [3.8, 4) is 11.1 Å². The topological polar surface area (TPSA) is 28.7 Å². The van der Waals surface area contributed by atoms with E-state index in [2.05, 4.69) is 10.2 Å². The number of hydrogen-bond acceptors (Lipinski definition) is 2. The third-order valence-electron chi connectivity index (χ3n) is 1.86. The van der Waals surface area contributed by atoms with Crippen molar-refractivity contribution in [1.82, 2.24) is 10.2 Å². The molecule has 0 unspecified atom stereocenters. The molecular formula is C10H6F2N2S. The average Bonchev–Trinajstić information content (AvgIpc) is 2.16. The van der Waals surface area contributed by atoms with Gasteiger partial charge in [0.1, 0.15) is 16.3 Å². The summed E-state index contributed by atoms with van der Waals surface area (Å²) < 4.78 is 26.3. The van der Waals surface area contributed by atoms with Gasteiger partial charge in [0.05, 0.1) is 6.20 Å². The lowest BCUT2D eigenvalue weighted by atomic mass is 10.1. The van der Waals surface area contributed by atoms with Gasteiger partial charge in [-0.05, 0) is 23.8 Å². The highest BCUT2D eigenvalue weighted by molar-refractivity contribution is 7.71. The summed E-state index contributed by atoms with van der Waals surface area (Å²) >= 11 is 4.86. The summed E-state index contributed by atoms with van der Waals surface area (Å²) in [5, 5.41) is 6.29. The standard InChI is InChI=1S/C10H6F2N2S/c11-8-1-6(2-9(12)4-8)7-3-10(15)14-13-5-7/h1-5H,(H,14,15). The van der Waals surface area contributed by atoms with E-state index < -0.39 is 11.6 Å². The van der Waals surface area contributed by atoms with Crippen LogP contribution in [0.25, 0.3) is 11.1 Å². The zero-order valence-electron chi connectivity index (χ0n) is 7.50. The molecule has 0 fully saturated rings. The second-order valence-corrected chi connectivity index (χ2v) is 3.43. The Hall–Kier alpha value is -1.62. The zero-order valence-corrected chi connectivity index (χ0v) is 8.31. The fourth-order valence-corrected chi connectivity index (χ4v) is 1.43. The van der Waals surface area contributed by atoms with Gasteiger partial charge in [0.25, 0.3) is 0 Å². The van der Waals surface area contributed by atoms with Crippen LogP contribution in [-0.2, 0) is 0 Å². The lowest BCUT2D eigenvalue weighted by molar-refractivity contribution is 0.584. The minimum atomic E-state index is -0.622. The number of aromatic nitrogens is 2. The molecule has 0 radical (unpaired) electrons. The van der Waals surface area contributed by atoms with E-state index in [0.717, 1.165) is 6.07 Å². The summed E-state index contributed by atoms with van der Waals surface area (Å²) in [7, 11) is 0. The molecule has 0 saturated heterocycles. The first-order chi connectivity index (χ1) is 7.15. The van der Waals surface area contributed by atoms with Crippen molar-refractivity contribution in [2.45, 2.75) is 0 Å². The third-order valence-corrected chi connectivity index (χ3v) is 2.07. The van der Waals surface area contributed by atoms with E-state index in [0.29, 0.717) is 15.8 Å². The number of halogens is 2. The van der Waals surface area contributed by atoms with Crippen LogP contribution in [0.4, 0.5) is 8.78 Å². The molecule has 0 saturated carbocycles. The minimum absolute atomic E-state index is 0.414. The van der Waals surface area contributed by atoms with Crippen LogP contribution in [0.3, 0.4) is 0 Å². The van der Waals surface area contributed by atoms with Gasteiger partial charge in [0.2, 0.25) is 0 Å². The van der Waals surface area contributed by atoms with Crippen molar-refractivity contribution in [2.24, 2.45) is 0 Å². The van der Waals surface area contributed by atoms with Crippen LogP contribution in [0.15, 0.2) is 30.5 Å². The number of nitrogens with one attached hydrogen (secondary N) is 1. The number of nitrogens with zero attached hydrogens (tertiary/aromatic N) is 1. The van der Waals surface area contributed by atoms with E-state index in [1.165, 1.54) is 18.3 Å². The fraction of sp³-hybridized carbons (Fsp3) is 0. The molecule has 0 bridgehead atoms. The molecule has 0 aliphatic rings. The summed E-state index contributed by atoms with van der Waals surface area (Å²) in [6.45, 7) is 0. The third kappa shape index (κ3) is 2.24. The van der Waals surface area contributed by atoms with E-state index in [1.54, 1.807) is 6.07 Å². The first-order valence-corrected chi connectivity index (χ1v) is 4.57. The predicted octanol–water partition coefficient (Wildman–Crippen LogP) is 3.08. The van der Waals surface area contributed by atoms with Gasteiger partial charge < -0.3 is 0 Å². The molecule has 0 atom stereocenters. The molecule has 1 N–H and O–H groups in total. The maximum atomic E-state index is 12.9. The second-order valence-electron chi connectivity index (χ2n) is 2.99. The van der Waals surface area contributed by atoms with Gasteiger partial charge in [0.15, 0.2) is 0 Å². The number of rotatable bonds is 1. The highest BCUT2D eigenvalue weighted by atomic mass is 32.1. The van der Waals surface area contributed by atoms with Gasteiger partial charge in [-0.1, -0.05) is 12.2 Å². The summed E-state index contributed by atoms with van der Waals surface area (Å²) in [6.07, 6.45) is 1.46. The zero-order chi connectivity index (χ0) is 10.8. The molecule has 76 valence electrons. The highest BCUT2D eigenvalue weighted by Crippen LogP contribution is 2.20. The van der Waals surface area contributed by atoms with Gasteiger partial charge in [-0.25, -0.2) is 8.78 Å². The Morgan fingerprint density at radius 1 is 1.00 bits per heavy atom. The molecule has 2 rings (SSSR count). The fourth-order valence-electron chi connectivity index (χ4n) is 1.25. The average molecular weight is 224 g/mol. The number of aromatic amines is 1. The van der Waals surface area contributed by atoms with Crippen molar-refractivity contribution in [1.29, 1.82) is 0 Å². The normalized spacial score (nSPS) is 10.3. The van der Waals surface area contributed by atoms with Crippen molar-refractivity contribution in [3.05, 3.63) is 46.7 Å². The van der Waals surface area contributed by atoms with E-state index in [9.17, 15) is 8.78 Å². The van der Waals surface area contributed by atoms with Gasteiger partial charge in [-0.15, -0.1) is 0 Å². The van der Waals surface area contributed by atoms with Gasteiger partial charge in [-0.3, -0.25) is 5.10 Å². The molecule has 2 nitrogen and oxygen atoms in total. The van der Waals surface area contributed by atoms with Crippen LogP contribution < -0.4 is 0 Å². The molecule has 2 aromatic rings. The van der Waals surface area contributed by atoms with Crippen molar-refractivity contribution >= 4 is 12.2 Å². The van der Waals surface area contributed by atoms with E-state index in [4.69, 9.17) is 12.2 Å². The minimum Gasteiger partial charge on any atom is -0.268 e. The predicted molar refractivity (Wildman–Crippen MR) is 54.8 cm³/mol.